The van der Waals surface area contributed by atoms with E-state index in [1.165, 1.54) is 9.13 Å². The van der Waals surface area contributed by atoms with Crippen LogP contribution in [0.25, 0.3) is 0 Å². The Hall–Kier alpha value is -0.620. The summed E-state index contributed by atoms with van der Waals surface area (Å²) in [4.78, 5) is 12.8. The average molecular weight is 317 g/mol. The van der Waals surface area contributed by atoms with Gasteiger partial charge in [0.15, 0.2) is 0 Å². The van der Waals surface area contributed by atoms with Gasteiger partial charge in [0.05, 0.1) is 5.92 Å². The number of hydrogen-bond donors (Lipinski definition) is 1. The lowest BCUT2D eigenvalue weighted by molar-refractivity contribution is -0.147. The number of carbonyl (C=O) groups is 1. The zero-order valence-corrected chi connectivity index (χ0v) is 10.3. The predicted octanol–water partition coefficient (Wildman–Crippen LogP) is 1.81. The van der Waals surface area contributed by atoms with Gasteiger partial charge in [0.1, 0.15) is 0 Å². The van der Waals surface area contributed by atoms with E-state index in [0.29, 0.717) is 13.1 Å². The van der Waals surface area contributed by atoms with Gasteiger partial charge in [0.25, 0.3) is 0 Å². The third-order valence-corrected chi connectivity index (χ3v) is 3.27. The third kappa shape index (κ3) is 2.69. The van der Waals surface area contributed by atoms with E-state index in [4.69, 9.17) is 5.11 Å². The first-order valence-electron chi connectivity index (χ1n) is 4.85. The monoisotopic (exact) mass is 317 g/mol. The normalized spacial score (nSPS) is 17.4. The van der Waals surface area contributed by atoms with Crippen molar-refractivity contribution in [2.45, 2.75) is 6.54 Å². The van der Waals surface area contributed by atoms with Crippen LogP contribution < -0.4 is 0 Å². The fourth-order valence-electron chi connectivity index (χ4n) is 1.75. The predicted molar refractivity (Wildman–Crippen MR) is 65.6 cm³/mol. The summed E-state index contributed by atoms with van der Waals surface area (Å²) in [5.41, 5.74) is 1.26. The number of likely N-dealkylation sites (tertiary alicyclic amines) is 1. The summed E-state index contributed by atoms with van der Waals surface area (Å²) in [6.45, 7) is 2.22. The largest absolute Gasteiger partial charge is 0.481 e. The lowest BCUT2D eigenvalue weighted by Gasteiger charge is -2.36. The van der Waals surface area contributed by atoms with E-state index in [-0.39, 0.29) is 5.92 Å². The van der Waals surface area contributed by atoms with E-state index in [9.17, 15) is 4.79 Å². The molecule has 1 aliphatic rings. The highest BCUT2D eigenvalue weighted by molar-refractivity contribution is 14.1. The Bertz CT molecular complexity index is 375. The second kappa shape index (κ2) is 4.49. The molecule has 4 heteroatoms. The van der Waals surface area contributed by atoms with Gasteiger partial charge < -0.3 is 5.11 Å². The lowest BCUT2D eigenvalue weighted by atomic mass is 10.00. The molecule has 0 aromatic heterocycles. The van der Waals surface area contributed by atoms with Gasteiger partial charge in [0.2, 0.25) is 0 Å². The Kier molecular flexibility index (Phi) is 3.25. The molecule has 0 saturated carbocycles. The minimum atomic E-state index is -0.672. The molecule has 0 atom stereocenters. The topological polar surface area (TPSA) is 40.5 Å². The van der Waals surface area contributed by atoms with Crippen molar-refractivity contribution in [2.24, 2.45) is 5.92 Å². The molecule has 1 aromatic carbocycles. The summed E-state index contributed by atoms with van der Waals surface area (Å²) in [6, 6.07) is 8.30. The highest BCUT2D eigenvalue weighted by Crippen LogP contribution is 2.19. The van der Waals surface area contributed by atoms with Crippen LogP contribution >= 0.6 is 22.6 Å². The molecule has 0 aliphatic carbocycles. The van der Waals surface area contributed by atoms with Crippen molar-refractivity contribution >= 4 is 28.6 Å². The van der Waals surface area contributed by atoms with Crippen molar-refractivity contribution in [1.29, 1.82) is 0 Å². The molecule has 0 radical (unpaired) electrons. The van der Waals surface area contributed by atoms with Crippen molar-refractivity contribution in [1.82, 2.24) is 4.90 Å². The average Bonchev–Trinajstić information content (AvgIpc) is 2.10. The van der Waals surface area contributed by atoms with Crippen LogP contribution in [0.15, 0.2) is 24.3 Å². The molecule has 80 valence electrons. The van der Waals surface area contributed by atoms with Gasteiger partial charge in [-0.1, -0.05) is 12.1 Å². The smallest absolute Gasteiger partial charge is 0.309 e. The summed E-state index contributed by atoms with van der Waals surface area (Å²) in [6.07, 6.45) is 0. The first kappa shape index (κ1) is 10.9. The highest BCUT2D eigenvalue weighted by atomic mass is 127. The summed E-state index contributed by atoms with van der Waals surface area (Å²) < 4.78 is 1.22. The Morgan fingerprint density at radius 1 is 1.53 bits per heavy atom. The molecule has 2 rings (SSSR count). The van der Waals surface area contributed by atoms with Gasteiger partial charge in [-0.3, -0.25) is 9.69 Å². The molecule has 0 bridgehead atoms. The van der Waals surface area contributed by atoms with Crippen LogP contribution in [-0.4, -0.2) is 29.1 Å². The quantitative estimate of drug-likeness (QED) is 0.865. The molecule has 1 N–H and O–H groups in total. The third-order valence-electron chi connectivity index (χ3n) is 2.60. The number of benzene rings is 1. The van der Waals surface area contributed by atoms with Crippen molar-refractivity contribution < 1.29 is 9.90 Å². The number of nitrogens with zero attached hydrogens (tertiary/aromatic N) is 1. The molecule has 15 heavy (non-hydrogen) atoms. The van der Waals surface area contributed by atoms with Crippen molar-refractivity contribution in [3.8, 4) is 0 Å². The molecule has 1 aromatic rings. The molecular weight excluding hydrogens is 305 g/mol. The van der Waals surface area contributed by atoms with Crippen LogP contribution in [0.3, 0.4) is 0 Å². The van der Waals surface area contributed by atoms with Crippen molar-refractivity contribution in [3.05, 3.63) is 33.4 Å². The summed E-state index contributed by atoms with van der Waals surface area (Å²) in [5, 5.41) is 8.73. The van der Waals surface area contributed by atoms with E-state index in [2.05, 4.69) is 45.7 Å². The zero-order chi connectivity index (χ0) is 10.8. The van der Waals surface area contributed by atoms with E-state index in [0.717, 1.165) is 6.54 Å². The summed E-state index contributed by atoms with van der Waals surface area (Å²) in [7, 11) is 0. The zero-order valence-electron chi connectivity index (χ0n) is 8.19. The minimum absolute atomic E-state index is 0.159. The second-order valence-electron chi connectivity index (χ2n) is 3.86. The first-order valence-corrected chi connectivity index (χ1v) is 5.92. The van der Waals surface area contributed by atoms with Crippen LogP contribution in [0, 0.1) is 9.49 Å². The number of carboxylic acid groups (broad SMARTS) is 1. The van der Waals surface area contributed by atoms with Crippen LogP contribution in [0.4, 0.5) is 0 Å². The molecule has 3 nitrogen and oxygen atoms in total. The molecular formula is C11H12INO2. The Morgan fingerprint density at radius 2 is 2.27 bits per heavy atom. The van der Waals surface area contributed by atoms with Gasteiger partial charge in [-0.2, -0.15) is 0 Å². The van der Waals surface area contributed by atoms with Gasteiger partial charge in [-0.25, -0.2) is 0 Å². The minimum Gasteiger partial charge on any atom is -0.481 e. The fraction of sp³-hybridized carbons (Fsp3) is 0.364. The number of aliphatic carboxylic acids is 1. The molecule has 1 saturated heterocycles. The molecule has 0 unspecified atom stereocenters. The summed E-state index contributed by atoms with van der Waals surface area (Å²) >= 11 is 2.28. The number of carboxylic acids is 1. The number of halogens is 1. The number of rotatable bonds is 3. The maximum atomic E-state index is 10.6. The SMILES string of the molecule is O=C(O)C1CN(Cc2cccc(I)c2)C1. The standard InChI is InChI=1S/C11H12INO2/c12-10-3-1-2-8(4-10)5-13-6-9(7-13)11(14)15/h1-4,9H,5-7H2,(H,14,15). The Labute approximate surface area is 102 Å². The molecule has 1 heterocycles. The maximum absolute atomic E-state index is 10.6. The second-order valence-corrected chi connectivity index (χ2v) is 5.10. The van der Waals surface area contributed by atoms with E-state index < -0.39 is 5.97 Å². The lowest BCUT2D eigenvalue weighted by Crippen LogP contribution is -2.49. The van der Waals surface area contributed by atoms with Gasteiger partial charge in [0, 0.05) is 23.2 Å². The number of hydrogen-bond acceptors (Lipinski definition) is 2. The van der Waals surface area contributed by atoms with E-state index in [1.807, 2.05) is 6.07 Å². The fourth-order valence-corrected chi connectivity index (χ4v) is 2.36. The van der Waals surface area contributed by atoms with E-state index >= 15 is 0 Å². The van der Waals surface area contributed by atoms with Crippen LogP contribution in [-0.2, 0) is 11.3 Å². The van der Waals surface area contributed by atoms with Crippen LogP contribution in [0.5, 0.6) is 0 Å². The van der Waals surface area contributed by atoms with Crippen molar-refractivity contribution in [2.75, 3.05) is 13.1 Å². The van der Waals surface area contributed by atoms with Gasteiger partial charge in [-0.15, -0.1) is 0 Å². The highest BCUT2D eigenvalue weighted by Gasteiger charge is 2.31. The summed E-state index contributed by atoms with van der Waals surface area (Å²) in [5.74, 6) is -0.832. The molecule has 1 aliphatic heterocycles. The van der Waals surface area contributed by atoms with Crippen molar-refractivity contribution in [3.63, 3.8) is 0 Å². The van der Waals surface area contributed by atoms with Gasteiger partial charge in [-0.05, 0) is 40.3 Å². The van der Waals surface area contributed by atoms with E-state index in [1.54, 1.807) is 0 Å². The van der Waals surface area contributed by atoms with Crippen LogP contribution in [0.2, 0.25) is 0 Å². The first-order chi connectivity index (χ1) is 7.15. The molecule has 1 fully saturated rings. The maximum Gasteiger partial charge on any atom is 0.309 e. The molecule has 0 spiro atoms. The Morgan fingerprint density at radius 3 is 2.87 bits per heavy atom. The van der Waals surface area contributed by atoms with Crippen LogP contribution in [0.1, 0.15) is 5.56 Å². The van der Waals surface area contributed by atoms with Gasteiger partial charge >= 0.3 is 5.97 Å². The Balaban J connectivity index is 1.87. The molecule has 0 amide bonds.